The van der Waals surface area contributed by atoms with E-state index in [1.165, 1.54) is 22.5 Å². The van der Waals surface area contributed by atoms with Crippen molar-refractivity contribution in [2.24, 2.45) is 0 Å². The molecule has 1 N–H and O–H groups in total. The second kappa shape index (κ2) is 5.78. The van der Waals surface area contributed by atoms with Gasteiger partial charge in [-0.15, -0.1) is 0 Å². The normalized spacial score (nSPS) is 10.8. The van der Waals surface area contributed by atoms with Crippen LogP contribution < -0.4 is 5.32 Å². The molecule has 0 saturated heterocycles. The van der Waals surface area contributed by atoms with E-state index in [-0.39, 0.29) is 0 Å². The van der Waals surface area contributed by atoms with E-state index < -0.39 is 0 Å². The van der Waals surface area contributed by atoms with Crippen LogP contribution in [0.2, 0.25) is 0 Å². The Hall–Kier alpha value is -1.29. The number of aryl methyl sites for hydroxylation is 4. The van der Waals surface area contributed by atoms with Crippen molar-refractivity contribution >= 4 is 21.6 Å². The van der Waals surface area contributed by atoms with E-state index in [1.807, 2.05) is 11.6 Å². The number of aromatic nitrogens is 2. The average molecular weight is 322 g/mol. The van der Waals surface area contributed by atoms with Gasteiger partial charge in [0, 0.05) is 12.2 Å². The first-order chi connectivity index (χ1) is 9.02. The van der Waals surface area contributed by atoms with Crippen molar-refractivity contribution < 1.29 is 0 Å². The lowest BCUT2D eigenvalue weighted by molar-refractivity contribution is 0.622. The smallest absolute Gasteiger partial charge is 0.0739 e. The summed E-state index contributed by atoms with van der Waals surface area (Å²) in [5.41, 5.74) is 5.98. The summed E-state index contributed by atoms with van der Waals surface area (Å²) >= 11 is 3.62. The number of rotatable bonds is 4. The van der Waals surface area contributed by atoms with Crippen molar-refractivity contribution in [2.45, 2.75) is 40.8 Å². The Bertz CT molecular complexity index is 587. The van der Waals surface area contributed by atoms with Gasteiger partial charge in [-0.05, 0) is 55.3 Å². The standard InChI is InChI=1S/C15H20BrN3/c1-5-19-14(15(16)12(4)18-19)9-17-13-7-6-10(2)8-11(13)3/h6-8,17H,5,9H2,1-4H3. The Labute approximate surface area is 123 Å². The molecule has 0 atom stereocenters. The van der Waals surface area contributed by atoms with Crippen molar-refractivity contribution in [3.63, 3.8) is 0 Å². The van der Waals surface area contributed by atoms with Crippen LogP contribution >= 0.6 is 15.9 Å². The summed E-state index contributed by atoms with van der Waals surface area (Å²) < 4.78 is 3.14. The maximum absolute atomic E-state index is 4.51. The molecule has 19 heavy (non-hydrogen) atoms. The molecule has 0 aliphatic heterocycles. The summed E-state index contributed by atoms with van der Waals surface area (Å²) in [5, 5.41) is 8.00. The summed E-state index contributed by atoms with van der Waals surface area (Å²) in [6, 6.07) is 6.46. The van der Waals surface area contributed by atoms with Gasteiger partial charge in [-0.3, -0.25) is 4.68 Å². The lowest BCUT2D eigenvalue weighted by Crippen LogP contribution is -2.09. The molecule has 2 aromatic rings. The van der Waals surface area contributed by atoms with Gasteiger partial charge in [0.2, 0.25) is 0 Å². The number of nitrogens with one attached hydrogen (secondary N) is 1. The molecule has 0 radical (unpaired) electrons. The zero-order valence-corrected chi connectivity index (χ0v) is 13.5. The molecule has 4 heteroatoms. The third-order valence-electron chi connectivity index (χ3n) is 3.28. The van der Waals surface area contributed by atoms with E-state index >= 15 is 0 Å². The third-order valence-corrected chi connectivity index (χ3v) is 4.31. The molecule has 1 heterocycles. The molecule has 0 saturated carbocycles. The molecule has 1 aromatic heterocycles. The van der Waals surface area contributed by atoms with Crippen LogP contribution in [0.4, 0.5) is 5.69 Å². The second-order valence-electron chi connectivity index (χ2n) is 4.83. The molecule has 0 aliphatic rings. The summed E-state index contributed by atoms with van der Waals surface area (Å²) in [4.78, 5) is 0. The molecule has 3 nitrogen and oxygen atoms in total. The van der Waals surface area contributed by atoms with Gasteiger partial charge in [-0.25, -0.2) is 0 Å². The van der Waals surface area contributed by atoms with E-state index in [2.05, 4.69) is 65.3 Å². The van der Waals surface area contributed by atoms with Crippen LogP contribution in [0, 0.1) is 20.8 Å². The van der Waals surface area contributed by atoms with Crippen molar-refractivity contribution in [2.75, 3.05) is 5.32 Å². The van der Waals surface area contributed by atoms with Crippen LogP contribution in [-0.4, -0.2) is 9.78 Å². The summed E-state index contributed by atoms with van der Waals surface area (Å²) in [5.74, 6) is 0. The highest BCUT2D eigenvalue weighted by molar-refractivity contribution is 9.10. The van der Waals surface area contributed by atoms with Gasteiger partial charge < -0.3 is 5.32 Å². The zero-order valence-electron chi connectivity index (χ0n) is 11.9. The van der Waals surface area contributed by atoms with Gasteiger partial charge in [0.1, 0.15) is 0 Å². The largest absolute Gasteiger partial charge is 0.379 e. The quantitative estimate of drug-likeness (QED) is 0.914. The van der Waals surface area contributed by atoms with E-state index in [9.17, 15) is 0 Å². The minimum atomic E-state index is 0.777. The first-order valence-corrected chi connectivity index (χ1v) is 7.35. The number of nitrogens with zero attached hydrogens (tertiary/aromatic N) is 2. The zero-order chi connectivity index (χ0) is 14.0. The molecule has 0 amide bonds. The van der Waals surface area contributed by atoms with Crippen molar-refractivity contribution in [1.29, 1.82) is 0 Å². The molecule has 0 fully saturated rings. The fraction of sp³-hybridized carbons (Fsp3) is 0.400. The molecule has 1 aromatic carbocycles. The van der Waals surface area contributed by atoms with Crippen molar-refractivity contribution in [3.05, 3.63) is 45.2 Å². The van der Waals surface area contributed by atoms with Gasteiger partial charge in [0.05, 0.1) is 22.4 Å². The first-order valence-electron chi connectivity index (χ1n) is 6.55. The fourth-order valence-electron chi connectivity index (χ4n) is 2.23. The highest BCUT2D eigenvalue weighted by atomic mass is 79.9. The van der Waals surface area contributed by atoms with E-state index in [4.69, 9.17) is 0 Å². The molecule has 0 bridgehead atoms. The van der Waals surface area contributed by atoms with Crippen LogP contribution in [0.3, 0.4) is 0 Å². The second-order valence-corrected chi connectivity index (χ2v) is 5.63. The lowest BCUT2D eigenvalue weighted by Gasteiger charge is -2.11. The Kier molecular flexibility index (Phi) is 4.30. The van der Waals surface area contributed by atoms with Gasteiger partial charge in [-0.1, -0.05) is 17.7 Å². The highest BCUT2D eigenvalue weighted by Crippen LogP contribution is 2.23. The molecular weight excluding hydrogens is 302 g/mol. The Morgan fingerprint density at radius 3 is 2.63 bits per heavy atom. The molecule has 0 unspecified atom stereocenters. The average Bonchev–Trinajstić information content (AvgIpc) is 2.65. The minimum absolute atomic E-state index is 0.777. The molecule has 2 rings (SSSR count). The first kappa shape index (κ1) is 14.1. The highest BCUT2D eigenvalue weighted by Gasteiger charge is 2.11. The lowest BCUT2D eigenvalue weighted by atomic mass is 10.1. The van der Waals surface area contributed by atoms with Crippen LogP contribution in [0.1, 0.15) is 29.4 Å². The third kappa shape index (κ3) is 3.00. The minimum Gasteiger partial charge on any atom is -0.379 e. The van der Waals surface area contributed by atoms with Crippen LogP contribution in [0.25, 0.3) is 0 Å². The van der Waals surface area contributed by atoms with Crippen molar-refractivity contribution in [1.82, 2.24) is 9.78 Å². The molecule has 102 valence electrons. The molecule has 0 aliphatic carbocycles. The number of hydrogen-bond donors (Lipinski definition) is 1. The number of benzene rings is 1. The fourth-order valence-corrected chi connectivity index (χ4v) is 2.65. The van der Waals surface area contributed by atoms with Gasteiger partial charge >= 0.3 is 0 Å². The van der Waals surface area contributed by atoms with E-state index in [0.717, 1.165) is 23.3 Å². The number of hydrogen-bond acceptors (Lipinski definition) is 2. The molecular formula is C15H20BrN3. The van der Waals surface area contributed by atoms with Gasteiger partial charge in [0.25, 0.3) is 0 Å². The maximum Gasteiger partial charge on any atom is 0.0739 e. The van der Waals surface area contributed by atoms with E-state index in [0.29, 0.717) is 0 Å². The number of halogens is 1. The topological polar surface area (TPSA) is 29.9 Å². The van der Waals surface area contributed by atoms with Gasteiger partial charge in [0.15, 0.2) is 0 Å². The van der Waals surface area contributed by atoms with Crippen molar-refractivity contribution in [3.8, 4) is 0 Å². The van der Waals surface area contributed by atoms with Crippen LogP contribution in [0.5, 0.6) is 0 Å². The predicted molar refractivity (Wildman–Crippen MR) is 83.6 cm³/mol. The SMILES string of the molecule is CCn1nc(C)c(Br)c1CNc1ccc(C)cc1C. The number of anilines is 1. The predicted octanol–water partition coefficient (Wildman–Crippen LogP) is 4.20. The summed E-state index contributed by atoms with van der Waals surface area (Å²) in [6.45, 7) is 10.0. The van der Waals surface area contributed by atoms with Crippen LogP contribution in [0.15, 0.2) is 22.7 Å². The van der Waals surface area contributed by atoms with E-state index in [1.54, 1.807) is 0 Å². The monoisotopic (exact) mass is 321 g/mol. The Balaban J connectivity index is 2.18. The Morgan fingerprint density at radius 1 is 1.26 bits per heavy atom. The van der Waals surface area contributed by atoms with Crippen LogP contribution in [-0.2, 0) is 13.1 Å². The maximum atomic E-state index is 4.51. The summed E-state index contributed by atoms with van der Waals surface area (Å²) in [7, 11) is 0. The van der Waals surface area contributed by atoms with Gasteiger partial charge in [-0.2, -0.15) is 5.10 Å². The summed E-state index contributed by atoms with van der Waals surface area (Å²) in [6.07, 6.45) is 0. The molecule has 0 spiro atoms. The Morgan fingerprint density at radius 2 is 2.00 bits per heavy atom.